The van der Waals surface area contributed by atoms with E-state index < -0.39 is 43.3 Å². The van der Waals surface area contributed by atoms with Gasteiger partial charge in [0.25, 0.3) is 5.56 Å². The van der Waals surface area contributed by atoms with Gasteiger partial charge >= 0.3 is 20.0 Å². The van der Waals surface area contributed by atoms with Crippen molar-refractivity contribution in [2.75, 3.05) is 18.9 Å². The van der Waals surface area contributed by atoms with Crippen LogP contribution in [0.3, 0.4) is 0 Å². The van der Waals surface area contributed by atoms with Crippen LogP contribution in [-0.4, -0.2) is 58.0 Å². The first kappa shape index (κ1) is 28.5. The molecule has 200 valence electrons. The Hall–Kier alpha value is -2.05. The molecule has 3 rings (SSSR count). The Balaban J connectivity index is 1.32. The third kappa shape index (κ3) is 7.25. The summed E-state index contributed by atoms with van der Waals surface area (Å²) in [6, 6.07) is 1.25. The molecule has 2 fully saturated rings. The number of hydrogen-bond acceptors (Lipinski definition) is 10. The Bertz CT molecular complexity index is 1090. The van der Waals surface area contributed by atoms with Crippen molar-refractivity contribution in [3.63, 3.8) is 0 Å². The van der Waals surface area contributed by atoms with Crippen LogP contribution in [0.5, 0.6) is 0 Å². The molecular weight excluding hydrogens is 513 g/mol. The molecule has 12 nitrogen and oxygen atoms in total. The van der Waals surface area contributed by atoms with Crippen molar-refractivity contribution in [3.05, 3.63) is 33.1 Å². The van der Waals surface area contributed by atoms with Crippen LogP contribution in [0.1, 0.15) is 47.3 Å². The SMILES string of the molecule is CC(C)OC(=O)NCCC(C)(C)C(=O)SCCO[P+](=O)OC1C2[C@@H]1O[C@@H](n1ccc(=O)[nH]c1=O)[C@H]2C. The number of amides is 1. The van der Waals surface area contributed by atoms with E-state index in [9.17, 15) is 23.7 Å². The first-order chi connectivity index (χ1) is 16.9. The molecule has 1 aromatic rings. The lowest BCUT2D eigenvalue weighted by Crippen LogP contribution is -2.34. The molecule has 1 aliphatic heterocycles. The Morgan fingerprint density at radius 3 is 2.67 bits per heavy atom. The molecule has 2 heterocycles. The predicted octanol–water partition coefficient (Wildman–Crippen LogP) is 2.57. The topological polar surface area (TPSA) is 155 Å². The van der Waals surface area contributed by atoms with Gasteiger partial charge in [-0.25, -0.2) is 9.59 Å². The lowest BCUT2D eigenvalue weighted by Gasteiger charge is -2.22. The Morgan fingerprint density at radius 2 is 2.06 bits per heavy atom. The van der Waals surface area contributed by atoms with Gasteiger partial charge in [-0.15, -0.1) is 9.05 Å². The maximum atomic E-state index is 12.5. The van der Waals surface area contributed by atoms with Crippen LogP contribution >= 0.6 is 20.0 Å². The Labute approximate surface area is 213 Å². The molecule has 1 saturated carbocycles. The number of hydrogen-bond donors (Lipinski definition) is 2. The summed E-state index contributed by atoms with van der Waals surface area (Å²) in [6.45, 7) is 9.37. The fraction of sp³-hybridized carbons (Fsp3) is 0.727. The maximum Gasteiger partial charge on any atom is 0.697 e. The van der Waals surface area contributed by atoms with Gasteiger partial charge in [0.1, 0.15) is 18.9 Å². The normalized spacial score (nSPS) is 25.4. The molecule has 1 aliphatic carbocycles. The Morgan fingerprint density at radius 1 is 1.33 bits per heavy atom. The van der Waals surface area contributed by atoms with Crippen molar-refractivity contribution in [3.8, 4) is 0 Å². The van der Waals surface area contributed by atoms with Gasteiger partial charge in [0.2, 0.25) is 0 Å². The summed E-state index contributed by atoms with van der Waals surface area (Å²) in [5, 5.41) is 2.56. The number of rotatable bonds is 12. The minimum atomic E-state index is -2.40. The molecule has 2 N–H and O–H groups in total. The first-order valence-electron chi connectivity index (χ1n) is 11.8. The molecule has 6 atom stereocenters. The van der Waals surface area contributed by atoms with Crippen LogP contribution in [0.2, 0.25) is 0 Å². The van der Waals surface area contributed by atoms with Gasteiger partial charge in [0.05, 0.1) is 12.2 Å². The summed E-state index contributed by atoms with van der Waals surface area (Å²) in [5.74, 6) is 0.167. The highest BCUT2D eigenvalue weighted by molar-refractivity contribution is 8.13. The van der Waals surface area contributed by atoms with Crippen LogP contribution in [0.15, 0.2) is 21.9 Å². The summed E-state index contributed by atoms with van der Waals surface area (Å²) in [4.78, 5) is 49.5. The van der Waals surface area contributed by atoms with Gasteiger partial charge in [-0.2, -0.15) is 0 Å². The lowest BCUT2D eigenvalue weighted by molar-refractivity contribution is -0.118. The average molecular weight is 547 g/mol. The number of carbonyl (C=O) groups excluding carboxylic acids is 2. The highest BCUT2D eigenvalue weighted by Crippen LogP contribution is 2.57. The molecule has 36 heavy (non-hydrogen) atoms. The standard InChI is InChI=1S/C22H32N3O9PS/c1-12(2)32-21(29)23-8-7-22(4,5)19(27)36-11-10-31-35(30)34-17-15-13(3)18(33-16(15)17)25-9-6-14(26)24-20(25)28/h6,9,12-13,15-18H,7-8,10-11H2,1-5H3,(H-,23,24,26,28,29)/p+1/t13-,15?,16-,17?,18+/m0/s1. The van der Waals surface area contributed by atoms with E-state index in [0.29, 0.717) is 18.7 Å². The summed E-state index contributed by atoms with van der Waals surface area (Å²) in [5.41, 5.74) is -1.70. The van der Waals surface area contributed by atoms with Crippen LogP contribution < -0.4 is 16.6 Å². The molecule has 0 radical (unpaired) electrons. The van der Waals surface area contributed by atoms with Gasteiger partial charge in [-0.3, -0.25) is 19.1 Å². The fourth-order valence-corrected chi connectivity index (χ4v) is 5.73. The number of thioether (sulfide) groups is 1. The third-order valence-electron chi connectivity index (χ3n) is 6.06. The molecule has 0 bridgehead atoms. The summed E-state index contributed by atoms with van der Waals surface area (Å²) in [7, 11) is -2.40. The van der Waals surface area contributed by atoms with Crippen LogP contribution in [0.4, 0.5) is 4.79 Å². The molecule has 1 aromatic heterocycles. The van der Waals surface area contributed by atoms with Crippen LogP contribution in [0, 0.1) is 17.3 Å². The van der Waals surface area contributed by atoms with E-state index in [0.717, 1.165) is 11.8 Å². The molecule has 1 amide bonds. The zero-order valence-corrected chi connectivity index (χ0v) is 22.6. The van der Waals surface area contributed by atoms with Crippen molar-refractivity contribution >= 4 is 31.2 Å². The number of nitrogens with one attached hydrogen (secondary N) is 2. The number of fused-ring (bicyclic) bond motifs is 1. The molecular formula is C22H33N3O9PS+. The highest BCUT2D eigenvalue weighted by Gasteiger charge is 2.67. The second-order valence-corrected chi connectivity index (χ2v) is 11.7. The first-order valence-corrected chi connectivity index (χ1v) is 13.8. The van der Waals surface area contributed by atoms with Crippen LogP contribution in [0.25, 0.3) is 0 Å². The largest absolute Gasteiger partial charge is 0.697 e. The van der Waals surface area contributed by atoms with E-state index in [2.05, 4.69) is 10.3 Å². The van der Waals surface area contributed by atoms with Crippen molar-refractivity contribution in [2.24, 2.45) is 17.3 Å². The minimum absolute atomic E-state index is 0.0421. The molecule has 3 unspecified atom stereocenters. The number of alkyl carbamates (subject to hydrolysis) is 1. The summed E-state index contributed by atoms with van der Waals surface area (Å²) < 4.78 is 35.1. The van der Waals surface area contributed by atoms with Crippen molar-refractivity contribution in [2.45, 2.75) is 65.6 Å². The fourth-order valence-electron chi connectivity index (χ4n) is 4.00. The smallest absolute Gasteiger partial charge is 0.447 e. The summed E-state index contributed by atoms with van der Waals surface area (Å²) in [6.07, 6.45) is -0.144. The van der Waals surface area contributed by atoms with Crippen LogP contribution in [-0.2, 0) is 27.9 Å². The monoisotopic (exact) mass is 546 g/mol. The third-order valence-corrected chi connectivity index (χ3v) is 8.05. The van der Waals surface area contributed by atoms with E-state index >= 15 is 0 Å². The summed E-state index contributed by atoms with van der Waals surface area (Å²) >= 11 is 1.07. The van der Waals surface area contributed by atoms with Gasteiger partial charge in [-0.1, -0.05) is 32.5 Å². The number of H-pyrrole nitrogens is 1. The number of aromatic nitrogens is 2. The second-order valence-electron chi connectivity index (χ2n) is 9.72. The van der Waals surface area contributed by atoms with E-state index in [1.165, 1.54) is 16.8 Å². The van der Waals surface area contributed by atoms with Gasteiger partial charge in [0, 0.05) is 46.4 Å². The molecule has 1 saturated heterocycles. The van der Waals surface area contributed by atoms with E-state index in [4.69, 9.17) is 18.5 Å². The highest BCUT2D eigenvalue weighted by atomic mass is 32.2. The Kier molecular flexibility index (Phi) is 9.50. The van der Waals surface area contributed by atoms with Gasteiger partial charge in [0.15, 0.2) is 5.12 Å². The second kappa shape index (κ2) is 12.0. The lowest BCUT2D eigenvalue weighted by atomic mass is 9.91. The van der Waals surface area contributed by atoms with E-state index in [1.807, 2.05) is 6.92 Å². The molecule has 14 heteroatoms. The number of aromatic amines is 1. The molecule has 0 aromatic carbocycles. The van der Waals surface area contributed by atoms with Crippen molar-refractivity contribution in [1.82, 2.24) is 14.9 Å². The van der Waals surface area contributed by atoms with E-state index in [1.54, 1.807) is 27.7 Å². The minimum Gasteiger partial charge on any atom is -0.447 e. The zero-order chi connectivity index (χ0) is 26.6. The van der Waals surface area contributed by atoms with Gasteiger partial charge < -0.3 is 14.8 Å². The molecule has 2 aliphatic rings. The quantitative estimate of drug-likeness (QED) is 0.295. The van der Waals surface area contributed by atoms with Crippen molar-refractivity contribution < 1.29 is 32.7 Å². The average Bonchev–Trinajstić information content (AvgIpc) is 3.33. The predicted molar refractivity (Wildman–Crippen MR) is 132 cm³/mol. The zero-order valence-electron chi connectivity index (χ0n) is 20.9. The van der Waals surface area contributed by atoms with Gasteiger partial charge in [-0.05, 0) is 20.3 Å². The number of carbonyl (C=O) groups is 2. The number of nitrogens with zero attached hydrogens (tertiary/aromatic N) is 1. The van der Waals surface area contributed by atoms with Crippen molar-refractivity contribution in [1.29, 1.82) is 0 Å². The number of ether oxygens (including phenoxy) is 2. The van der Waals surface area contributed by atoms with E-state index in [-0.39, 0.29) is 35.8 Å². The maximum absolute atomic E-state index is 12.5. The molecule has 0 spiro atoms.